The number of benzene rings is 1. The van der Waals surface area contributed by atoms with Crippen LogP contribution < -0.4 is 21.9 Å². The number of H-pyrrole nitrogens is 1. The second-order valence-corrected chi connectivity index (χ2v) is 15.7. The molecular weight excluding hydrogens is 738 g/mol. The lowest BCUT2D eigenvalue weighted by molar-refractivity contribution is -0.138. The number of rotatable bonds is 16. The Morgan fingerprint density at radius 3 is 2.59 bits per heavy atom. The Morgan fingerprint density at radius 2 is 1.85 bits per heavy atom. The summed E-state index contributed by atoms with van der Waals surface area (Å²) < 4.78 is 40.9. The minimum atomic E-state index is -4.79. The minimum absolute atomic E-state index is 0.0911. The van der Waals surface area contributed by atoms with Crippen molar-refractivity contribution in [3.8, 4) is 10.6 Å². The number of carbonyl (C=O) groups excluding carboxylic acids is 2. The van der Waals surface area contributed by atoms with Crippen LogP contribution in [0.5, 0.6) is 0 Å². The number of aryl methyl sites for hydroxylation is 1. The van der Waals surface area contributed by atoms with Crippen molar-refractivity contribution in [1.29, 1.82) is 0 Å². The molecule has 2 amide bonds. The zero-order valence-corrected chi connectivity index (χ0v) is 31.3. The van der Waals surface area contributed by atoms with Gasteiger partial charge in [-0.2, -0.15) is 8.42 Å². The second-order valence-electron chi connectivity index (χ2n) is 13.5. The van der Waals surface area contributed by atoms with Crippen LogP contribution in [-0.2, 0) is 37.5 Å². The first-order valence-electron chi connectivity index (χ1n) is 17.9. The van der Waals surface area contributed by atoms with Gasteiger partial charge in [0.05, 0.1) is 28.7 Å². The molecule has 15 nitrogen and oxygen atoms in total. The molecule has 0 radical (unpaired) electrons. The number of ether oxygens (including phenoxy) is 1. The number of hydrogen-bond donors (Lipinski definition) is 4. The Hall–Kier alpha value is -4.62. The summed E-state index contributed by atoms with van der Waals surface area (Å²) in [7, 11) is -4.79. The monoisotopic (exact) mass is 781 g/mol. The summed E-state index contributed by atoms with van der Waals surface area (Å²) in [6, 6.07) is 9.69. The van der Waals surface area contributed by atoms with E-state index in [0.717, 1.165) is 54.3 Å². The van der Waals surface area contributed by atoms with E-state index in [2.05, 4.69) is 30.5 Å². The van der Waals surface area contributed by atoms with Crippen LogP contribution in [0.3, 0.4) is 0 Å². The quantitative estimate of drug-likeness (QED) is 0.0956. The molecule has 2 fully saturated rings. The zero-order chi connectivity index (χ0) is 38.1. The Bertz CT molecular complexity index is 2030. The fourth-order valence-corrected chi connectivity index (χ4v) is 7.88. The number of halogens is 1. The SMILES string of the molecule is N[C@H]1C[C@@H](C(=O)NCCOCCNc2ncc(CN3CCCC(c4nc(-c5cccs5)cc(=O)[nH]4)C3)cn2)N(C(=O)CCc2ccc(S(=O)(=O)F)cc2)C1. The number of anilines is 1. The Kier molecular flexibility index (Phi) is 13.1. The molecular formula is C36H44FN9O6S2. The molecule has 2 saturated heterocycles. The van der Waals surface area contributed by atoms with Gasteiger partial charge in [0.25, 0.3) is 5.56 Å². The Balaban J connectivity index is 0.868. The Morgan fingerprint density at radius 1 is 1.07 bits per heavy atom. The number of nitrogens with two attached hydrogens (primary N) is 1. The van der Waals surface area contributed by atoms with Gasteiger partial charge < -0.3 is 31.0 Å². The first-order chi connectivity index (χ1) is 26.0. The van der Waals surface area contributed by atoms with E-state index in [1.165, 1.54) is 17.0 Å². The normalized spacial score (nSPS) is 19.1. The van der Waals surface area contributed by atoms with Gasteiger partial charge in [-0.25, -0.2) is 15.0 Å². The summed E-state index contributed by atoms with van der Waals surface area (Å²) in [6.07, 6.45) is 6.29. The molecule has 1 unspecified atom stereocenters. The highest BCUT2D eigenvalue weighted by atomic mass is 32.3. The number of amides is 2. The van der Waals surface area contributed by atoms with Gasteiger partial charge in [-0.15, -0.1) is 15.2 Å². The largest absolute Gasteiger partial charge is 0.378 e. The second kappa shape index (κ2) is 18.1. The van der Waals surface area contributed by atoms with Crippen molar-refractivity contribution >= 4 is 39.3 Å². The van der Waals surface area contributed by atoms with Gasteiger partial charge in [0.15, 0.2) is 0 Å². The molecule has 3 aromatic heterocycles. The maximum absolute atomic E-state index is 13.1. The lowest BCUT2D eigenvalue weighted by Gasteiger charge is -2.32. The van der Waals surface area contributed by atoms with E-state index in [4.69, 9.17) is 15.5 Å². The lowest BCUT2D eigenvalue weighted by Crippen LogP contribution is -2.46. The molecule has 0 spiro atoms. The highest BCUT2D eigenvalue weighted by molar-refractivity contribution is 7.86. The van der Waals surface area contributed by atoms with Crippen molar-refractivity contribution in [1.82, 2.24) is 35.1 Å². The van der Waals surface area contributed by atoms with Crippen LogP contribution in [0.1, 0.15) is 48.6 Å². The molecule has 0 saturated carbocycles. The average molecular weight is 782 g/mol. The van der Waals surface area contributed by atoms with Crippen LogP contribution in [0, 0.1) is 0 Å². The van der Waals surface area contributed by atoms with Crippen LogP contribution in [0.15, 0.2) is 69.9 Å². The van der Waals surface area contributed by atoms with Crippen molar-refractivity contribution in [2.45, 2.75) is 61.5 Å². The third kappa shape index (κ3) is 10.7. The lowest BCUT2D eigenvalue weighted by atomic mass is 9.96. The zero-order valence-electron chi connectivity index (χ0n) is 29.7. The highest BCUT2D eigenvalue weighted by Gasteiger charge is 2.37. The maximum Gasteiger partial charge on any atom is 0.332 e. The molecule has 288 valence electrons. The molecule has 5 N–H and O–H groups in total. The van der Waals surface area contributed by atoms with Crippen molar-refractivity contribution in [2.24, 2.45) is 5.73 Å². The molecule has 3 atom stereocenters. The van der Waals surface area contributed by atoms with Gasteiger partial charge >= 0.3 is 10.2 Å². The van der Waals surface area contributed by atoms with Gasteiger partial charge in [-0.05, 0) is 61.4 Å². The standard InChI is InChI=1S/C36H44FN9O6S2/c37-54(50,51)28-8-5-24(6-9-28)7-10-33(48)46-23-27(38)17-30(46)35(49)39-11-14-52-15-12-40-36-41-19-25(20-42-36)21-45-13-1-3-26(22-45)34-43-29(18-32(47)44-34)31-4-2-16-53-31/h2,4-6,8-9,16,18-20,26-27,30H,1,3,7,10-15,17,21-23,38H2,(H,39,49)(H,40,41,42)(H,43,44,47)/t26?,27-,30-/m0/s1. The van der Waals surface area contributed by atoms with E-state index >= 15 is 0 Å². The third-order valence-electron chi connectivity index (χ3n) is 9.40. The summed E-state index contributed by atoms with van der Waals surface area (Å²) in [5.41, 5.74) is 8.31. The summed E-state index contributed by atoms with van der Waals surface area (Å²) >= 11 is 1.57. The fourth-order valence-electron chi connectivity index (χ4n) is 6.74. The molecule has 2 aliphatic rings. The van der Waals surface area contributed by atoms with Crippen LogP contribution >= 0.6 is 11.3 Å². The summed E-state index contributed by atoms with van der Waals surface area (Å²) in [5.74, 6) is 0.786. The topological polar surface area (TPSA) is 206 Å². The number of carbonyl (C=O) groups is 2. The molecule has 5 heterocycles. The molecule has 18 heteroatoms. The Labute approximate surface area is 316 Å². The number of nitrogens with zero attached hydrogens (tertiary/aromatic N) is 5. The van der Waals surface area contributed by atoms with Crippen LogP contribution in [0.4, 0.5) is 9.83 Å². The van der Waals surface area contributed by atoms with Crippen molar-refractivity contribution in [3.05, 3.63) is 87.5 Å². The van der Waals surface area contributed by atoms with Crippen molar-refractivity contribution in [3.63, 3.8) is 0 Å². The van der Waals surface area contributed by atoms with Gasteiger partial charge in [0.1, 0.15) is 11.9 Å². The first kappa shape index (κ1) is 39.1. The van der Waals surface area contributed by atoms with E-state index in [1.54, 1.807) is 29.8 Å². The van der Waals surface area contributed by atoms with E-state index in [9.17, 15) is 26.7 Å². The number of likely N-dealkylation sites (tertiary alicyclic amines) is 2. The number of nitrogens with one attached hydrogen (secondary N) is 3. The van der Waals surface area contributed by atoms with E-state index in [-0.39, 0.29) is 55.5 Å². The number of aromatic amines is 1. The van der Waals surface area contributed by atoms with E-state index < -0.39 is 21.2 Å². The van der Waals surface area contributed by atoms with E-state index in [1.807, 2.05) is 17.5 Å². The molecule has 4 aromatic rings. The van der Waals surface area contributed by atoms with Gasteiger partial charge in [0.2, 0.25) is 17.8 Å². The summed E-state index contributed by atoms with van der Waals surface area (Å²) in [4.78, 5) is 59.3. The van der Waals surface area contributed by atoms with Crippen molar-refractivity contribution in [2.75, 3.05) is 51.3 Å². The number of aromatic nitrogens is 4. The smallest absolute Gasteiger partial charge is 0.332 e. The van der Waals surface area contributed by atoms with Gasteiger partial charge in [-0.3, -0.25) is 19.3 Å². The van der Waals surface area contributed by atoms with Crippen LogP contribution in [0.25, 0.3) is 10.6 Å². The number of hydrogen-bond acceptors (Lipinski definition) is 13. The van der Waals surface area contributed by atoms with Crippen LogP contribution in [-0.4, -0.2) is 108 Å². The third-order valence-corrected chi connectivity index (χ3v) is 11.1. The molecule has 0 aliphatic carbocycles. The molecule has 0 bridgehead atoms. The van der Waals surface area contributed by atoms with Gasteiger partial charge in [0, 0.05) is 75.1 Å². The molecule has 54 heavy (non-hydrogen) atoms. The predicted molar refractivity (Wildman–Crippen MR) is 201 cm³/mol. The number of thiophene rings is 1. The molecule has 1 aromatic carbocycles. The first-order valence-corrected chi connectivity index (χ1v) is 20.1. The maximum atomic E-state index is 13.1. The predicted octanol–water partition coefficient (Wildman–Crippen LogP) is 2.43. The van der Waals surface area contributed by atoms with Gasteiger partial charge in [-0.1, -0.05) is 18.2 Å². The van der Waals surface area contributed by atoms with Crippen LogP contribution in [0.2, 0.25) is 0 Å². The van der Waals surface area contributed by atoms with Crippen molar-refractivity contribution < 1.29 is 26.6 Å². The fraction of sp³-hybridized carbons (Fsp3) is 0.444. The molecule has 6 rings (SSSR count). The van der Waals surface area contributed by atoms with E-state index in [0.29, 0.717) is 49.7 Å². The summed E-state index contributed by atoms with van der Waals surface area (Å²) in [5, 5.41) is 7.93. The average Bonchev–Trinajstić information content (AvgIpc) is 3.84. The highest BCUT2D eigenvalue weighted by Crippen LogP contribution is 2.28. The molecule has 2 aliphatic heterocycles. The number of piperidine rings is 1. The minimum Gasteiger partial charge on any atom is -0.378 e. The summed E-state index contributed by atoms with van der Waals surface area (Å²) in [6.45, 7) is 4.00.